The van der Waals surface area contributed by atoms with Gasteiger partial charge in [-0.1, -0.05) is 6.92 Å². The van der Waals surface area contributed by atoms with E-state index in [1.54, 1.807) is 0 Å². The summed E-state index contributed by atoms with van der Waals surface area (Å²) in [5.41, 5.74) is 1.34. The van der Waals surface area contributed by atoms with Crippen molar-refractivity contribution in [3.05, 3.63) is 30.1 Å². The molecule has 0 aliphatic carbocycles. The van der Waals surface area contributed by atoms with Gasteiger partial charge in [-0.25, -0.2) is 0 Å². The second kappa shape index (κ2) is 7.58. The van der Waals surface area contributed by atoms with E-state index >= 15 is 0 Å². The molecule has 2 rings (SSSR count). The van der Waals surface area contributed by atoms with Crippen molar-refractivity contribution >= 4 is 0 Å². The van der Waals surface area contributed by atoms with E-state index in [0.717, 1.165) is 26.1 Å². The van der Waals surface area contributed by atoms with Crippen LogP contribution in [0, 0.1) is 0 Å². The number of hydrogen-bond acceptors (Lipinski definition) is 4. The normalized spacial score (nSPS) is 19.5. The van der Waals surface area contributed by atoms with Gasteiger partial charge in [0.2, 0.25) is 0 Å². The predicted octanol–water partition coefficient (Wildman–Crippen LogP) is 1.41. The molecule has 4 heteroatoms. The molecule has 0 saturated carbocycles. The number of aromatic nitrogens is 1. The number of pyridine rings is 1. The van der Waals surface area contributed by atoms with Gasteiger partial charge in [0.25, 0.3) is 0 Å². The van der Waals surface area contributed by atoms with Crippen LogP contribution in [0.4, 0.5) is 0 Å². The first kappa shape index (κ1) is 14.4. The van der Waals surface area contributed by atoms with Crippen LogP contribution in [0.5, 0.6) is 0 Å². The van der Waals surface area contributed by atoms with Crippen LogP contribution >= 0.6 is 0 Å². The molecule has 0 amide bonds. The standard InChI is InChI=1S/C15H25N3O/c1-2-14(12-19)17-15-5-9-18(10-6-15)11-13-3-7-16-8-4-13/h3-4,7-8,14-15,17,19H,2,5-6,9-12H2,1H3. The summed E-state index contributed by atoms with van der Waals surface area (Å²) in [6.45, 7) is 5.64. The number of aliphatic hydroxyl groups excluding tert-OH is 1. The lowest BCUT2D eigenvalue weighted by Crippen LogP contribution is -2.46. The molecule has 1 aromatic heterocycles. The van der Waals surface area contributed by atoms with Gasteiger partial charge in [-0.05, 0) is 50.0 Å². The fourth-order valence-electron chi connectivity index (χ4n) is 2.64. The number of rotatable bonds is 6. The Labute approximate surface area is 115 Å². The Kier molecular flexibility index (Phi) is 5.76. The van der Waals surface area contributed by atoms with Crippen molar-refractivity contribution in [3.8, 4) is 0 Å². The Bertz CT molecular complexity index is 346. The van der Waals surface area contributed by atoms with Crippen LogP contribution < -0.4 is 5.32 Å². The second-order valence-corrected chi connectivity index (χ2v) is 5.36. The molecule has 0 aromatic carbocycles. The smallest absolute Gasteiger partial charge is 0.0584 e. The Morgan fingerprint density at radius 1 is 1.37 bits per heavy atom. The Hall–Kier alpha value is -0.970. The zero-order valence-electron chi connectivity index (χ0n) is 11.8. The van der Waals surface area contributed by atoms with Gasteiger partial charge in [-0.3, -0.25) is 9.88 Å². The molecule has 2 heterocycles. The summed E-state index contributed by atoms with van der Waals surface area (Å²) in [6.07, 6.45) is 7.05. The molecule has 1 aliphatic rings. The van der Waals surface area contributed by atoms with Crippen molar-refractivity contribution in [1.29, 1.82) is 0 Å². The first-order valence-electron chi connectivity index (χ1n) is 7.30. The molecule has 106 valence electrons. The van der Waals surface area contributed by atoms with E-state index in [9.17, 15) is 5.11 Å². The van der Waals surface area contributed by atoms with Crippen LogP contribution in [0.2, 0.25) is 0 Å². The highest BCUT2D eigenvalue weighted by atomic mass is 16.3. The van der Waals surface area contributed by atoms with E-state index < -0.39 is 0 Å². The monoisotopic (exact) mass is 263 g/mol. The number of hydrogen-bond donors (Lipinski definition) is 2. The number of nitrogens with one attached hydrogen (secondary N) is 1. The van der Waals surface area contributed by atoms with Crippen LogP contribution in [0.3, 0.4) is 0 Å². The zero-order valence-corrected chi connectivity index (χ0v) is 11.8. The summed E-state index contributed by atoms with van der Waals surface area (Å²) < 4.78 is 0. The van der Waals surface area contributed by atoms with Gasteiger partial charge in [0.15, 0.2) is 0 Å². The summed E-state index contributed by atoms with van der Waals surface area (Å²) in [5.74, 6) is 0. The highest BCUT2D eigenvalue weighted by Crippen LogP contribution is 2.14. The maximum Gasteiger partial charge on any atom is 0.0584 e. The topological polar surface area (TPSA) is 48.4 Å². The van der Waals surface area contributed by atoms with Crippen molar-refractivity contribution in [2.45, 2.75) is 44.8 Å². The Morgan fingerprint density at radius 3 is 2.63 bits per heavy atom. The summed E-state index contributed by atoms with van der Waals surface area (Å²) in [5, 5.41) is 12.8. The van der Waals surface area contributed by atoms with Gasteiger partial charge >= 0.3 is 0 Å². The molecule has 4 nitrogen and oxygen atoms in total. The third-order valence-corrected chi connectivity index (χ3v) is 3.93. The third-order valence-electron chi connectivity index (χ3n) is 3.93. The fraction of sp³-hybridized carbons (Fsp3) is 0.667. The highest BCUT2D eigenvalue weighted by molar-refractivity contribution is 5.09. The quantitative estimate of drug-likeness (QED) is 0.814. The average Bonchev–Trinajstić information content (AvgIpc) is 2.47. The largest absolute Gasteiger partial charge is 0.395 e. The molecular formula is C15H25N3O. The van der Waals surface area contributed by atoms with E-state index in [1.165, 1.54) is 18.4 Å². The van der Waals surface area contributed by atoms with E-state index in [1.807, 2.05) is 12.4 Å². The maximum absolute atomic E-state index is 9.22. The van der Waals surface area contributed by atoms with E-state index in [-0.39, 0.29) is 12.6 Å². The number of nitrogens with zero attached hydrogens (tertiary/aromatic N) is 2. The van der Waals surface area contributed by atoms with Crippen LogP contribution in [0.25, 0.3) is 0 Å². The second-order valence-electron chi connectivity index (χ2n) is 5.36. The van der Waals surface area contributed by atoms with Crippen LogP contribution in [-0.4, -0.2) is 46.8 Å². The minimum absolute atomic E-state index is 0.244. The maximum atomic E-state index is 9.22. The molecule has 0 radical (unpaired) electrons. The molecule has 1 fully saturated rings. The molecule has 0 spiro atoms. The van der Waals surface area contributed by atoms with E-state index in [2.05, 4.69) is 34.3 Å². The number of aliphatic hydroxyl groups is 1. The summed E-state index contributed by atoms with van der Waals surface area (Å²) in [6, 6.07) is 4.99. The van der Waals surface area contributed by atoms with Crippen LogP contribution in [-0.2, 0) is 6.54 Å². The summed E-state index contributed by atoms with van der Waals surface area (Å²) in [7, 11) is 0. The molecule has 0 bridgehead atoms. The molecule has 1 saturated heterocycles. The fourth-order valence-corrected chi connectivity index (χ4v) is 2.64. The van der Waals surface area contributed by atoms with Crippen molar-refractivity contribution < 1.29 is 5.11 Å². The first-order valence-corrected chi connectivity index (χ1v) is 7.30. The highest BCUT2D eigenvalue weighted by Gasteiger charge is 2.20. The number of likely N-dealkylation sites (tertiary alicyclic amines) is 1. The molecular weight excluding hydrogens is 238 g/mol. The van der Waals surface area contributed by atoms with Gasteiger partial charge in [-0.15, -0.1) is 0 Å². The van der Waals surface area contributed by atoms with Gasteiger partial charge in [0, 0.05) is 31.0 Å². The lowest BCUT2D eigenvalue weighted by atomic mass is 10.0. The minimum atomic E-state index is 0.244. The first-order chi connectivity index (χ1) is 9.31. The molecule has 1 aliphatic heterocycles. The van der Waals surface area contributed by atoms with E-state index in [4.69, 9.17) is 0 Å². The van der Waals surface area contributed by atoms with Crippen LogP contribution in [0.15, 0.2) is 24.5 Å². The van der Waals surface area contributed by atoms with Gasteiger partial charge < -0.3 is 10.4 Å². The van der Waals surface area contributed by atoms with Crippen molar-refractivity contribution in [2.24, 2.45) is 0 Å². The van der Waals surface area contributed by atoms with Gasteiger partial charge in [0.1, 0.15) is 0 Å². The lowest BCUT2D eigenvalue weighted by molar-refractivity contribution is 0.165. The van der Waals surface area contributed by atoms with Gasteiger partial charge in [0.05, 0.1) is 6.61 Å². The number of piperidine rings is 1. The third kappa shape index (κ3) is 4.56. The van der Waals surface area contributed by atoms with Crippen LogP contribution in [0.1, 0.15) is 31.7 Å². The molecule has 1 aromatic rings. The Morgan fingerprint density at radius 2 is 2.05 bits per heavy atom. The summed E-state index contributed by atoms with van der Waals surface area (Å²) >= 11 is 0. The predicted molar refractivity (Wildman–Crippen MR) is 76.8 cm³/mol. The van der Waals surface area contributed by atoms with Crippen molar-refractivity contribution in [2.75, 3.05) is 19.7 Å². The molecule has 19 heavy (non-hydrogen) atoms. The van der Waals surface area contributed by atoms with E-state index in [0.29, 0.717) is 6.04 Å². The SMILES string of the molecule is CCC(CO)NC1CCN(Cc2ccncc2)CC1. The lowest BCUT2D eigenvalue weighted by Gasteiger charge is -2.34. The zero-order chi connectivity index (χ0) is 13.5. The minimum Gasteiger partial charge on any atom is -0.395 e. The van der Waals surface area contributed by atoms with Crippen molar-refractivity contribution in [1.82, 2.24) is 15.2 Å². The molecule has 2 N–H and O–H groups in total. The van der Waals surface area contributed by atoms with Gasteiger partial charge in [-0.2, -0.15) is 0 Å². The Balaban J connectivity index is 1.73. The summed E-state index contributed by atoms with van der Waals surface area (Å²) in [4.78, 5) is 6.54. The molecule has 1 unspecified atom stereocenters. The molecule has 1 atom stereocenters. The van der Waals surface area contributed by atoms with Crippen molar-refractivity contribution in [3.63, 3.8) is 0 Å². The average molecular weight is 263 g/mol.